The van der Waals surface area contributed by atoms with Crippen LogP contribution >= 0.6 is 24.0 Å². The lowest BCUT2D eigenvalue weighted by atomic mass is 9.90. The van der Waals surface area contributed by atoms with Crippen LogP contribution in [0.5, 0.6) is 0 Å². The van der Waals surface area contributed by atoms with Crippen molar-refractivity contribution in [2.24, 2.45) is 13.0 Å². The molecule has 2 fully saturated rings. The van der Waals surface area contributed by atoms with Gasteiger partial charge in [-0.05, 0) is 55.7 Å². The lowest BCUT2D eigenvalue weighted by Crippen LogP contribution is -2.39. The minimum Gasteiger partial charge on any atom is -0.481 e. The molecule has 0 radical (unpaired) electrons. The number of carbonyl (C=O) groups excluding carboxylic acids is 1. The van der Waals surface area contributed by atoms with Crippen molar-refractivity contribution in [2.75, 3.05) is 24.5 Å². The minimum absolute atomic E-state index is 0.0497. The standard InChI is InChI=1S/C28H30N4O4S2/c1-18-21(16-23-27(36)32(28(37)38-23)12-6-9-24(33)34)25(30(2)26(35)22(18)17-29)31-13-10-20(11-14-31)15-19-7-4-3-5-8-19/h3-5,7-8,16,20H,6,9-15H2,1-2H3,(H,33,34). The second kappa shape index (κ2) is 12.0. The van der Waals surface area contributed by atoms with E-state index in [-0.39, 0.29) is 30.0 Å². The Bertz CT molecular complexity index is 1390. The molecule has 1 N–H and O–H groups in total. The molecule has 3 heterocycles. The molecule has 10 heteroatoms. The number of aromatic nitrogens is 1. The molecule has 1 amide bonds. The fourth-order valence-corrected chi connectivity index (χ4v) is 6.39. The van der Waals surface area contributed by atoms with Gasteiger partial charge in [-0.1, -0.05) is 54.3 Å². The van der Waals surface area contributed by atoms with Gasteiger partial charge in [-0.15, -0.1) is 0 Å². The Morgan fingerprint density at radius 3 is 2.55 bits per heavy atom. The van der Waals surface area contributed by atoms with Crippen LogP contribution in [0.15, 0.2) is 40.0 Å². The first-order chi connectivity index (χ1) is 18.2. The number of carboxylic acid groups (broad SMARTS) is 1. The second-order valence-electron chi connectivity index (χ2n) is 9.66. The summed E-state index contributed by atoms with van der Waals surface area (Å²) in [5.41, 5.74) is 2.21. The highest BCUT2D eigenvalue weighted by Crippen LogP contribution is 2.37. The van der Waals surface area contributed by atoms with E-state index in [4.69, 9.17) is 17.3 Å². The van der Waals surface area contributed by atoms with Crippen molar-refractivity contribution in [3.8, 4) is 6.07 Å². The number of aliphatic carboxylic acids is 1. The van der Waals surface area contributed by atoms with Gasteiger partial charge in [-0.2, -0.15) is 5.26 Å². The van der Waals surface area contributed by atoms with Crippen LogP contribution in [0.4, 0.5) is 5.82 Å². The maximum Gasteiger partial charge on any atom is 0.303 e. The molecule has 0 bridgehead atoms. The van der Waals surface area contributed by atoms with Gasteiger partial charge in [0.15, 0.2) is 0 Å². The van der Waals surface area contributed by atoms with E-state index >= 15 is 0 Å². The van der Waals surface area contributed by atoms with Crippen molar-refractivity contribution in [2.45, 2.75) is 39.0 Å². The molecule has 0 aliphatic carbocycles. The summed E-state index contributed by atoms with van der Waals surface area (Å²) in [7, 11) is 1.67. The highest BCUT2D eigenvalue weighted by molar-refractivity contribution is 8.26. The summed E-state index contributed by atoms with van der Waals surface area (Å²) in [6.45, 7) is 3.48. The normalized spacial score (nSPS) is 17.3. The van der Waals surface area contributed by atoms with Crippen molar-refractivity contribution in [3.05, 3.63) is 67.8 Å². The Morgan fingerprint density at radius 1 is 1.24 bits per heavy atom. The number of thiocarbonyl (C=S) groups is 1. The summed E-state index contributed by atoms with van der Waals surface area (Å²) in [5, 5.41) is 18.6. The minimum atomic E-state index is -0.923. The van der Waals surface area contributed by atoms with Crippen molar-refractivity contribution in [1.29, 1.82) is 5.26 Å². The summed E-state index contributed by atoms with van der Waals surface area (Å²) in [6.07, 6.45) is 4.93. The molecule has 8 nitrogen and oxygen atoms in total. The molecule has 0 unspecified atom stereocenters. The Morgan fingerprint density at radius 2 is 1.92 bits per heavy atom. The molecule has 0 atom stereocenters. The monoisotopic (exact) mass is 550 g/mol. The third-order valence-corrected chi connectivity index (χ3v) is 8.55. The zero-order valence-electron chi connectivity index (χ0n) is 21.5. The Balaban J connectivity index is 1.63. The third-order valence-electron chi connectivity index (χ3n) is 7.17. The molecule has 2 aromatic rings. The number of pyridine rings is 1. The van der Waals surface area contributed by atoms with Gasteiger partial charge >= 0.3 is 5.97 Å². The van der Waals surface area contributed by atoms with Gasteiger partial charge in [0.1, 0.15) is 21.8 Å². The number of carboxylic acids is 1. The van der Waals surface area contributed by atoms with Crippen LogP contribution < -0.4 is 10.5 Å². The molecular weight excluding hydrogens is 520 g/mol. The zero-order chi connectivity index (χ0) is 27.4. The lowest BCUT2D eigenvalue weighted by molar-refractivity contribution is -0.137. The predicted molar refractivity (Wildman–Crippen MR) is 153 cm³/mol. The summed E-state index contributed by atoms with van der Waals surface area (Å²) < 4.78 is 1.89. The first-order valence-electron chi connectivity index (χ1n) is 12.6. The van der Waals surface area contributed by atoms with Gasteiger partial charge in [-0.3, -0.25) is 23.9 Å². The number of carbonyl (C=O) groups is 2. The van der Waals surface area contributed by atoms with E-state index in [1.807, 2.05) is 12.1 Å². The van der Waals surface area contributed by atoms with Crippen LogP contribution in [0, 0.1) is 24.2 Å². The number of anilines is 1. The van der Waals surface area contributed by atoms with Crippen LogP contribution in [0.2, 0.25) is 0 Å². The fraction of sp³-hybridized carbons (Fsp3) is 0.393. The van der Waals surface area contributed by atoms with E-state index in [0.717, 1.165) is 44.1 Å². The average molecular weight is 551 g/mol. The molecule has 1 aromatic carbocycles. The Labute approximate surface area is 231 Å². The number of hydrogen-bond acceptors (Lipinski definition) is 7. The summed E-state index contributed by atoms with van der Waals surface area (Å²) >= 11 is 6.56. The molecule has 0 saturated carbocycles. The number of amides is 1. The molecule has 1 aromatic heterocycles. The first-order valence-corrected chi connectivity index (χ1v) is 13.8. The number of thioether (sulfide) groups is 1. The molecule has 2 aliphatic heterocycles. The second-order valence-corrected chi connectivity index (χ2v) is 11.3. The van der Waals surface area contributed by atoms with Crippen LogP contribution in [-0.4, -0.2) is 50.4 Å². The fourth-order valence-electron chi connectivity index (χ4n) is 5.10. The van der Waals surface area contributed by atoms with Gasteiger partial charge in [0.05, 0.1) is 4.91 Å². The van der Waals surface area contributed by atoms with Crippen molar-refractivity contribution in [3.63, 3.8) is 0 Å². The molecular formula is C28H30N4O4S2. The van der Waals surface area contributed by atoms with E-state index in [1.54, 1.807) is 20.0 Å². The molecule has 0 spiro atoms. The number of benzene rings is 1. The van der Waals surface area contributed by atoms with Gasteiger partial charge in [0.2, 0.25) is 0 Å². The van der Waals surface area contributed by atoms with Gasteiger partial charge < -0.3 is 10.0 Å². The van der Waals surface area contributed by atoms with Crippen LogP contribution in [-0.2, 0) is 23.1 Å². The van der Waals surface area contributed by atoms with E-state index in [0.29, 0.717) is 38.5 Å². The van der Waals surface area contributed by atoms with Crippen molar-refractivity contribution < 1.29 is 14.7 Å². The van der Waals surface area contributed by atoms with Crippen molar-refractivity contribution in [1.82, 2.24) is 9.47 Å². The van der Waals surface area contributed by atoms with Crippen LogP contribution in [0.3, 0.4) is 0 Å². The number of nitriles is 1. The molecule has 2 aliphatic rings. The zero-order valence-corrected chi connectivity index (χ0v) is 23.1. The topological polar surface area (TPSA) is 107 Å². The summed E-state index contributed by atoms with van der Waals surface area (Å²) in [4.78, 5) is 41.1. The highest BCUT2D eigenvalue weighted by atomic mass is 32.2. The average Bonchev–Trinajstić information content (AvgIpc) is 3.16. The Kier molecular flexibility index (Phi) is 8.69. The smallest absolute Gasteiger partial charge is 0.303 e. The SMILES string of the molecule is Cc1c(C=C2SC(=S)N(CCCC(=O)O)C2=O)c(N2CCC(Cc3ccccc3)CC2)n(C)c(=O)c1C#N. The third kappa shape index (κ3) is 5.84. The quantitative estimate of drug-likeness (QED) is 0.387. The Hall–Kier alpha value is -3.42. The molecule has 38 heavy (non-hydrogen) atoms. The maximum atomic E-state index is 13.2. The van der Waals surface area contributed by atoms with Gasteiger partial charge in [-0.25, -0.2) is 0 Å². The van der Waals surface area contributed by atoms with Crippen molar-refractivity contribution >= 4 is 52.1 Å². The van der Waals surface area contributed by atoms with Gasteiger partial charge in [0, 0.05) is 38.7 Å². The molecule has 198 valence electrons. The predicted octanol–water partition coefficient (Wildman–Crippen LogP) is 4.09. The highest BCUT2D eigenvalue weighted by Gasteiger charge is 2.33. The largest absolute Gasteiger partial charge is 0.481 e. The van der Waals surface area contributed by atoms with Gasteiger partial charge in [0.25, 0.3) is 11.5 Å². The number of piperidine rings is 1. The lowest BCUT2D eigenvalue weighted by Gasteiger charge is -2.36. The van der Waals surface area contributed by atoms with Crippen LogP contribution in [0.25, 0.3) is 6.08 Å². The summed E-state index contributed by atoms with van der Waals surface area (Å²) in [6, 6.07) is 12.5. The van der Waals surface area contributed by atoms with E-state index in [9.17, 15) is 19.6 Å². The summed E-state index contributed by atoms with van der Waals surface area (Å²) in [5.74, 6) is 0.0224. The van der Waals surface area contributed by atoms with E-state index < -0.39 is 5.97 Å². The number of hydrogen-bond donors (Lipinski definition) is 1. The van der Waals surface area contributed by atoms with E-state index in [2.05, 4.69) is 29.2 Å². The van der Waals surface area contributed by atoms with Crippen LogP contribution in [0.1, 0.15) is 47.9 Å². The van der Waals surface area contributed by atoms with E-state index in [1.165, 1.54) is 15.0 Å². The molecule has 4 rings (SSSR count). The number of nitrogens with zero attached hydrogens (tertiary/aromatic N) is 4. The molecule has 2 saturated heterocycles. The number of rotatable bonds is 8. The first kappa shape index (κ1) is 27.6. The maximum absolute atomic E-state index is 13.2.